The molecule has 0 aromatic heterocycles. The first-order chi connectivity index (χ1) is 7.55. The van der Waals surface area contributed by atoms with Crippen LogP contribution in [0.1, 0.15) is 26.2 Å². The molecule has 1 aliphatic heterocycles. The molecule has 1 saturated heterocycles. The van der Waals surface area contributed by atoms with Crippen LogP contribution >= 0.6 is 0 Å². The number of hydrogen-bond acceptors (Lipinski definition) is 3. The topological polar surface area (TPSA) is 66.5 Å². The lowest BCUT2D eigenvalue weighted by molar-refractivity contribution is 0.201. The minimum Gasteiger partial charge on any atom is -0.338 e. The highest BCUT2D eigenvalue weighted by molar-refractivity contribution is 7.91. The number of amides is 2. The highest BCUT2D eigenvalue weighted by Gasteiger charge is 2.21. The van der Waals surface area contributed by atoms with Crippen molar-refractivity contribution in [3.63, 3.8) is 0 Å². The fourth-order valence-electron chi connectivity index (χ4n) is 1.63. The van der Waals surface area contributed by atoms with Gasteiger partial charge in [0.15, 0.2) is 9.84 Å². The number of sulfone groups is 1. The maximum Gasteiger partial charge on any atom is 0.317 e. The summed E-state index contributed by atoms with van der Waals surface area (Å²) in [6.45, 7) is 3.58. The average molecular weight is 248 g/mol. The Balaban J connectivity index is 2.39. The molecule has 16 heavy (non-hydrogen) atoms. The van der Waals surface area contributed by atoms with Crippen molar-refractivity contribution in [3.05, 3.63) is 0 Å². The van der Waals surface area contributed by atoms with Crippen LogP contribution in [0, 0.1) is 0 Å². The Kier molecular flexibility index (Phi) is 5.05. The number of nitrogens with one attached hydrogen (secondary N) is 1. The second-order valence-corrected chi connectivity index (χ2v) is 6.38. The maximum atomic E-state index is 11.7. The van der Waals surface area contributed by atoms with E-state index in [0.717, 1.165) is 12.8 Å². The van der Waals surface area contributed by atoms with Crippen LogP contribution in [-0.2, 0) is 9.84 Å². The molecule has 0 spiro atoms. The van der Waals surface area contributed by atoms with Gasteiger partial charge in [-0.1, -0.05) is 13.3 Å². The van der Waals surface area contributed by atoms with Gasteiger partial charge in [-0.3, -0.25) is 0 Å². The van der Waals surface area contributed by atoms with Gasteiger partial charge in [0.2, 0.25) is 0 Å². The summed E-state index contributed by atoms with van der Waals surface area (Å²) in [5.74, 6) is 0.292. The van der Waals surface area contributed by atoms with Crippen LogP contribution in [0.25, 0.3) is 0 Å². The zero-order valence-electron chi connectivity index (χ0n) is 9.74. The van der Waals surface area contributed by atoms with Crippen molar-refractivity contribution < 1.29 is 13.2 Å². The quantitative estimate of drug-likeness (QED) is 0.744. The zero-order valence-corrected chi connectivity index (χ0v) is 10.6. The van der Waals surface area contributed by atoms with Gasteiger partial charge in [0, 0.05) is 19.6 Å². The summed E-state index contributed by atoms with van der Waals surface area (Å²) in [5.41, 5.74) is 0. The molecule has 0 unspecified atom stereocenters. The van der Waals surface area contributed by atoms with Gasteiger partial charge in [0.25, 0.3) is 0 Å². The summed E-state index contributed by atoms with van der Waals surface area (Å²) in [7, 11) is -2.93. The molecule has 6 heteroatoms. The van der Waals surface area contributed by atoms with Gasteiger partial charge in [-0.2, -0.15) is 0 Å². The minimum absolute atomic E-state index is 0.0915. The second kappa shape index (κ2) is 6.08. The number of nitrogens with zero attached hydrogens (tertiary/aromatic N) is 1. The number of rotatable bonds is 3. The van der Waals surface area contributed by atoms with Gasteiger partial charge in [0.05, 0.1) is 11.5 Å². The molecule has 0 saturated carbocycles. The molecule has 0 aromatic carbocycles. The summed E-state index contributed by atoms with van der Waals surface area (Å²) >= 11 is 0. The van der Waals surface area contributed by atoms with E-state index in [1.165, 1.54) is 0 Å². The highest BCUT2D eigenvalue weighted by atomic mass is 32.2. The monoisotopic (exact) mass is 248 g/mol. The first-order valence-corrected chi connectivity index (χ1v) is 7.60. The van der Waals surface area contributed by atoms with Crippen LogP contribution in [0.2, 0.25) is 0 Å². The number of carbonyl (C=O) groups excluding carboxylic acids is 1. The Morgan fingerprint density at radius 1 is 1.31 bits per heavy atom. The molecule has 0 bridgehead atoms. The van der Waals surface area contributed by atoms with Gasteiger partial charge in [-0.05, 0) is 12.8 Å². The van der Waals surface area contributed by atoms with E-state index in [1.807, 2.05) is 0 Å². The van der Waals surface area contributed by atoms with Gasteiger partial charge >= 0.3 is 6.03 Å². The van der Waals surface area contributed by atoms with Crippen molar-refractivity contribution >= 4 is 15.9 Å². The molecule has 1 N–H and O–H groups in total. The Morgan fingerprint density at radius 3 is 2.75 bits per heavy atom. The molecule has 0 radical (unpaired) electrons. The van der Waals surface area contributed by atoms with Gasteiger partial charge < -0.3 is 10.2 Å². The van der Waals surface area contributed by atoms with Crippen LogP contribution < -0.4 is 5.32 Å². The summed E-state index contributed by atoms with van der Waals surface area (Å²) in [6.07, 6.45) is 2.54. The third kappa shape index (κ3) is 4.38. The Morgan fingerprint density at radius 2 is 2.06 bits per heavy atom. The van der Waals surface area contributed by atoms with E-state index in [0.29, 0.717) is 26.1 Å². The van der Waals surface area contributed by atoms with E-state index in [4.69, 9.17) is 0 Å². The molecule has 1 rings (SSSR count). The molecule has 2 amide bonds. The minimum atomic E-state index is -2.93. The molecule has 5 nitrogen and oxygen atoms in total. The molecular weight excluding hydrogens is 228 g/mol. The molecule has 1 fully saturated rings. The average Bonchev–Trinajstić information content (AvgIpc) is 2.39. The molecule has 1 aliphatic rings. The van der Waals surface area contributed by atoms with Crippen molar-refractivity contribution in [2.75, 3.05) is 31.1 Å². The summed E-state index contributed by atoms with van der Waals surface area (Å²) in [4.78, 5) is 13.3. The molecule has 94 valence electrons. The van der Waals surface area contributed by atoms with E-state index in [1.54, 1.807) is 4.90 Å². The summed E-state index contributed by atoms with van der Waals surface area (Å²) < 4.78 is 22.7. The van der Waals surface area contributed by atoms with Crippen molar-refractivity contribution in [2.45, 2.75) is 26.2 Å². The third-order valence-corrected chi connectivity index (χ3v) is 4.36. The molecule has 0 atom stereocenters. The first-order valence-electron chi connectivity index (χ1n) is 5.78. The van der Waals surface area contributed by atoms with Gasteiger partial charge in [0.1, 0.15) is 0 Å². The lowest BCUT2D eigenvalue weighted by Crippen LogP contribution is -2.41. The van der Waals surface area contributed by atoms with Gasteiger partial charge in [-0.15, -0.1) is 0 Å². The Labute approximate surface area is 97.1 Å². The SMILES string of the molecule is CCCCNC(=O)N1CCCS(=O)(=O)CC1. The largest absolute Gasteiger partial charge is 0.338 e. The predicted molar refractivity (Wildman–Crippen MR) is 63.2 cm³/mol. The van der Waals surface area contributed by atoms with Crippen molar-refractivity contribution in [1.82, 2.24) is 10.2 Å². The molecule has 0 aliphatic carbocycles. The summed E-state index contributed by atoms with van der Waals surface area (Å²) in [5, 5.41) is 2.80. The lowest BCUT2D eigenvalue weighted by Gasteiger charge is -2.20. The highest BCUT2D eigenvalue weighted by Crippen LogP contribution is 2.05. The summed E-state index contributed by atoms with van der Waals surface area (Å²) in [6, 6.07) is -0.134. The fourth-order valence-corrected chi connectivity index (χ4v) is 2.90. The fraction of sp³-hybridized carbons (Fsp3) is 0.900. The van der Waals surface area contributed by atoms with Crippen LogP contribution in [0.5, 0.6) is 0 Å². The first kappa shape index (κ1) is 13.3. The normalized spacial score (nSPS) is 20.2. The number of unbranched alkanes of at least 4 members (excludes halogenated alkanes) is 1. The van der Waals surface area contributed by atoms with Crippen LogP contribution in [0.4, 0.5) is 4.79 Å². The van der Waals surface area contributed by atoms with Crippen LogP contribution in [0.15, 0.2) is 0 Å². The van der Waals surface area contributed by atoms with E-state index < -0.39 is 9.84 Å². The number of carbonyl (C=O) groups is 1. The van der Waals surface area contributed by atoms with Crippen LogP contribution in [0.3, 0.4) is 0 Å². The zero-order chi connectivity index (χ0) is 12.0. The van der Waals surface area contributed by atoms with Crippen molar-refractivity contribution in [1.29, 1.82) is 0 Å². The van der Waals surface area contributed by atoms with Crippen molar-refractivity contribution in [3.8, 4) is 0 Å². The smallest absolute Gasteiger partial charge is 0.317 e. The standard InChI is InChI=1S/C10H20N2O3S/c1-2-3-5-11-10(13)12-6-4-8-16(14,15)9-7-12/h2-9H2,1H3,(H,11,13). The van der Waals surface area contributed by atoms with Crippen molar-refractivity contribution in [2.24, 2.45) is 0 Å². The Bertz CT molecular complexity index is 327. The van der Waals surface area contributed by atoms with Crippen LogP contribution in [-0.4, -0.2) is 50.5 Å². The second-order valence-electron chi connectivity index (χ2n) is 4.08. The van der Waals surface area contributed by atoms with E-state index in [-0.39, 0.29) is 17.5 Å². The number of urea groups is 1. The predicted octanol–water partition coefficient (Wildman–Crippen LogP) is 0.617. The Hall–Kier alpha value is -0.780. The van der Waals surface area contributed by atoms with E-state index in [9.17, 15) is 13.2 Å². The third-order valence-electron chi connectivity index (χ3n) is 2.65. The maximum absolute atomic E-state index is 11.7. The molecule has 1 heterocycles. The molecular formula is C10H20N2O3S. The number of hydrogen-bond donors (Lipinski definition) is 1. The van der Waals surface area contributed by atoms with E-state index >= 15 is 0 Å². The van der Waals surface area contributed by atoms with E-state index in [2.05, 4.69) is 12.2 Å². The lowest BCUT2D eigenvalue weighted by atomic mass is 10.3. The molecule has 0 aromatic rings. The van der Waals surface area contributed by atoms with Gasteiger partial charge in [-0.25, -0.2) is 13.2 Å².